The van der Waals surface area contributed by atoms with Crippen molar-refractivity contribution >= 4 is 0 Å². The van der Waals surface area contributed by atoms with Crippen LogP contribution in [0.25, 0.3) is 0 Å². The third-order valence-corrected chi connectivity index (χ3v) is 0.676. The van der Waals surface area contributed by atoms with Gasteiger partial charge < -0.3 is 0 Å². The molecule has 1 rings (SSSR count). The van der Waals surface area contributed by atoms with Crippen LogP contribution in [-0.2, 0) is 0 Å². The summed E-state index contributed by atoms with van der Waals surface area (Å²) in [6.07, 6.45) is -1.54. The zero-order chi connectivity index (χ0) is 6.85. The molecule has 0 aliphatic heterocycles. The molecule has 1 heterocycles. The molecule has 4 heteroatoms. The monoisotopic (exact) mass is 119 g/mol. The van der Waals surface area contributed by atoms with E-state index in [0.29, 0.717) is 0 Å². The van der Waals surface area contributed by atoms with Gasteiger partial charge in [0.25, 0.3) is 6.43 Å². The van der Waals surface area contributed by atoms with Crippen molar-refractivity contribution in [2.24, 2.45) is 0 Å². The Morgan fingerprint density at radius 2 is 2.62 bits per heavy atom. The van der Waals surface area contributed by atoms with E-state index in [1.54, 1.807) is 0 Å². The molecule has 1 N–H and O–H groups in total. The Balaban J connectivity index is 2.94. The van der Waals surface area contributed by atoms with Crippen LogP contribution in [-0.4, -0.2) is 10.2 Å². The van der Waals surface area contributed by atoms with Gasteiger partial charge in [-0.05, 0) is 6.04 Å². The van der Waals surface area contributed by atoms with E-state index in [2.05, 4.69) is 10.2 Å². The lowest BCUT2D eigenvalue weighted by Gasteiger charge is -1.85. The zero-order valence-electron chi connectivity index (χ0n) is 4.86. The molecule has 2 nitrogen and oxygen atoms in total. The number of hydrogen-bond acceptors (Lipinski definition) is 1. The highest BCUT2D eigenvalue weighted by atomic mass is 19.3. The fourth-order valence-corrected chi connectivity index (χ4v) is 0.352. The van der Waals surface area contributed by atoms with Crippen molar-refractivity contribution in [1.29, 1.82) is 0 Å². The molecule has 0 spiro atoms. The van der Waals surface area contributed by atoms with Crippen molar-refractivity contribution in [2.75, 3.05) is 0 Å². The summed E-state index contributed by atoms with van der Waals surface area (Å²) in [5, 5.41) is 5.31. The lowest BCUT2D eigenvalue weighted by atomic mass is 10.5. The first kappa shape index (κ1) is 4.00. The maximum atomic E-state index is 11.7. The number of nitrogens with one attached hydrogen (secondary N) is 1. The second-order valence-corrected chi connectivity index (χ2v) is 1.22. The van der Waals surface area contributed by atoms with E-state index in [-0.39, 0.29) is 6.04 Å². The Morgan fingerprint density at radius 3 is 2.88 bits per heavy atom. The lowest BCUT2D eigenvalue weighted by molar-refractivity contribution is 0.146. The van der Waals surface area contributed by atoms with Crippen molar-refractivity contribution in [3.63, 3.8) is 0 Å². The van der Waals surface area contributed by atoms with Crippen LogP contribution in [0.3, 0.4) is 0 Å². The molecule has 0 fully saturated rings. The van der Waals surface area contributed by atoms with E-state index in [4.69, 9.17) is 1.37 Å². The molecule has 0 aliphatic carbocycles. The normalized spacial score (nSPS) is 12.1. The van der Waals surface area contributed by atoms with Crippen LogP contribution in [0.2, 0.25) is 0 Å². The van der Waals surface area contributed by atoms with Crippen molar-refractivity contribution in [3.05, 3.63) is 17.9 Å². The highest BCUT2D eigenvalue weighted by Gasteiger charge is 2.06. The highest BCUT2D eigenvalue weighted by molar-refractivity contribution is 4.97. The van der Waals surface area contributed by atoms with Gasteiger partial charge in [-0.1, -0.05) is 0 Å². The van der Waals surface area contributed by atoms with Crippen LogP contribution in [0.4, 0.5) is 8.78 Å². The maximum Gasteiger partial charge on any atom is 0.282 e. The molecule has 0 amide bonds. The first-order valence-corrected chi connectivity index (χ1v) is 2.00. The topological polar surface area (TPSA) is 28.7 Å². The molecule has 0 radical (unpaired) electrons. The van der Waals surface area contributed by atoms with E-state index < -0.39 is 12.1 Å². The summed E-state index contributed by atoms with van der Waals surface area (Å²) in [4.78, 5) is 0. The van der Waals surface area contributed by atoms with E-state index in [1.807, 2.05) is 0 Å². The summed E-state index contributed by atoms with van der Waals surface area (Å²) in [7, 11) is 0. The first-order chi connectivity index (χ1) is 4.22. The standard InChI is InChI=1S/C4H4F2N2/c5-4(6)3-1-2-7-8-3/h1-2,4H,(H,7,8)/i1D. The number of halogens is 2. The Hall–Kier alpha value is -0.930. The molecule has 8 heavy (non-hydrogen) atoms. The minimum absolute atomic E-state index is 0.245. The number of hydrogen-bond donors (Lipinski definition) is 1. The number of rotatable bonds is 1. The SMILES string of the molecule is [2H]c1c[nH]nc1C(F)F. The third-order valence-electron chi connectivity index (χ3n) is 0.676. The van der Waals surface area contributed by atoms with Crippen LogP contribution in [0.15, 0.2) is 12.2 Å². The molecular weight excluding hydrogens is 114 g/mol. The Morgan fingerprint density at radius 1 is 1.88 bits per heavy atom. The summed E-state index contributed by atoms with van der Waals surface area (Å²) in [5.74, 6) is 0. The summed E-state index contributed by atoms with van der Waals surface area (Å²) in [6.45, 7) is 0. The van der Waals surface area contributed by atoms with Crippen LogP contribution >= 0.6 is 0 Å². The number of aromatic nitrogens is 2. The smallest absolute Gasteiger partial charge is 0.282 e. The van der Waals surface area contributed by atoms with Gasteiger partial charge in [-0.2, -0.15) is 5.10 Å². The van der Waals surface area contributed by atoms with Gasteiger partial charge in [0.15, 0.2) is 0 Å². The first-order valence-electron chi connectivity index (χ1n) is 2.50. The van der Waals surface area contributed by atoms with Gasteiger partial charge >= 0.3 is 0 Å². The average Bonchev–Trinajstić information content (AvgIpc) is 2.13. The molecule has 44 valence electrons. The molecule has 0 bridgehead atoms. The zero-order valence-corrected chi connectivity index (χ0v) is 3.86. The van der Waals surface area contributed by atoms with Crippen molar-refractivity contribution < 1.29 is 10.2 Å². The van der Waals surface area contributed by atoms with E-state index in [1.165, 1.54) is 0 Å². The van der Waals surface area contributed by atoms with Gasteiger partial charge in [-0.15, -0.1) is 0 Å². The number of nitrogens with zero attached hydrogens (tertiary/aromatic N) is 1. The summed E-state index contributed by atoms with van der Waals surface area (Å²) in [5.41, 5.74) is -0.491. The molecule has 0 aliphatic rings. The fourth-order valence-electron chi connectivity index (χ4n) is 0.352. The van der Waals surface area contributed by atoms with Gasteiger partial charge in [0.2, 0.25) is 0 Å². The fraction of sp³-hybridized carbons (Fsp3) is 0.250. The second-order valence-electron chi connectivity index (χ2n) is 1.22. The molecule has 0 atom stereocenters. The van der Waals surface area contributed by atoms with Gasteiger partial charge in [-0.3, -0.25) is 5.10 Å². The molecular formula is C4H4F2N2. The average molecular weight is 119 g/mol. The Labute approximate surface area is 45.9 Å². The molecule has 0 aromatic carbocycles. The van der Waals surface area contributed by atoms with Crippen molar-refractivity contribution in [3.8, 4) is 0 Å². The van der Waals surface area contributed by atoms with E-state index in [0.717, 1.165) is 6.20 Å². The predicted molar refractivity (Wildman–Crippen MR) is 23.5 cm³/mol. The van der Waals surface area contributed by atoms with Gasteiger partial charge in [0.1, 0.15) is 5.69 Å². The largest absolute Gasteiger partial charge is 0.285 e. The summed E-state index contributed by atoms with van der Waals surface area (Å²) >= 11 is 0. The highest BCUT2D eigenvalue weighted by Crippen LogP contribution is 2.13. The number of aromatic amines is 1. The quantitative estimate of drug-likeness (QED) is 0.593. The van der Waals surface area contributed by atoms with Crippen LogP contribution in [0.5, 0.6) is 0 Å². The number of alkyl halides is 2. The Bertz CT molecular complexity index is 198. The molecule has 1 aromatic rings. The lowest BCUT2D eigenvalue weighted by Crippen LogP contribution is -1.81. The molecule has 0 unspecified atom stereocenters. The molecule has 0 saturated carbocycles. The summed E-state index contributed by atoms with van der Waals surface area (Å²) < 4.78 is 30.1. The molecule has 1 aromatic heterocycles. The maximum absolute atomic E-state index is 11.7. The van der Waals surface area contributed by atoms with Crippen molar-refractivity contribution in [2.45, 2.75) is 6.43 Å². The minimum Gasteiger partial charge on any atom is -0.285 e. The predicted octanol–water partition coefficient (Wildman–Crippen LogP) is 1.35. The summed E-state index contributed by atoms with van der Waals surface area (Å²) in [6, 6.07) is -0.245. The minimum atomic E-state index is -2.65. The Kier molecular flexibility index (Phi) is 0.948. The van der Waals surface area contributed by atoms with E-state index in [9.17, 15) is 8.78 Å². The van der Waals surface area contributed by atoms with Gasteiger partial charge in [0.05, 0.1) is 1.37 Å². The van der Waals surface area contributed by atoms with Crippen LogP contribution in [0.1, 0.15) is 13.5 Å². The van der Waals surface area contributed by atoms with E-state index >= 15 is 0 Å². The van der Waals surface area contributed by atoms with Crippen LogP contribution in [0, 0.1) is 0 Å². The van der Waals surface area contributed by atoms with Gasteiger partial charge in [-0.25, -0.2) is 8.78 Å². The van der Waals surface area contributed by atoms with Gasteiger partial charge in [0, 0.05) is 6.20 Å². The van der Waals surface area contributed by atoms with Crippen LogP contribution < -0.4 is 0 Å². The number of H-pyrrole nitrogens is 1. The second kappa shape index (κ2) is 1.90. The van der Waals surface area contributed by atoms with Crippen molar-refractivity contribution in [1.82, 2.24) is 10.2 Å². The third kappa shape index (κ3) is 0.828. The molecule has 0 saturated heterocycles.